The molecular formula is C11H10N4O3S. The number of hydrogen-bond acceptors (Lipinski definition) is 6. The van der Waals surface area contributed by atoms with Crippen molar-refractivity contribution >= 4 is 15.7 Å². The first kappa shape index (κ1) is 14.5. The highest BCUT2D eigenvalue weighted by Gasteiger charge is 2.13. The van der Waals surface area contributed by atoms with Gasteiger partial charge in [0.25, 0.3) is 0 Å². The van der Waals surface area contributed by atoms with Crippen LogP contribution in [0.3, 0.4) is 0 Å². The number of rotatable bonds is 4. The quantitative estimate of drug-likeness (QED) is 0.548. The van der Waals surface area contributed by atoms with Gasteiger partial charge in [-0.25, -0.2) is 13.1 Å². The largest absolute Gasteiger partial charge is 0.506 e. The van der Waals surface area contributed by atoms with Gasteiger partial charge in [0.1, 0.15) is 23.5 Å². The molecule has 0 bridgehead atoms. The van der Waals surface area contributed by atoms with E-state index in [1.54, 1.807) is 12.1 Å². The number of nitrogens with zero attached hydrogens (tertiary/aromatic N) is 2. The average molecular weight is 278 g/mol. The van der Waals surface area contributed by atoms with Crippen molar-refractivity contribution in [3.63, 3.8) is 0 Å². The number of sulfonamides is 1. The van der Waals surface area contributed by atoms with Gasteiger partial charge in [-0.05, 0) is 25.2 Å². The Morgan fingerprint density at radius 1 is 1.37 bits per heavy atom. The Balaban J connectivity index is 3.18. The lowest BCUT2D eigenvalue weighted by molar-refractivity contribution is 0.477. The zero-order valence-corrected chi connectivity index (χ0v) is 10.7. The number of phenols is 1. The standard InChI is InChI=1S/C11H10N4O3S/c1-14-19(17,18)9-2-3-11(16)10(4-9)15-7-8(5-12)6-13/h2-4,7,14-16H,1H3. The number of allylic oxidation sites excluding steroid dienone is 1. The molecule has 0 aliphatic rings. The van der Waals surface area contributed by atoms with Gasteiger partial charge in [0.2, 0.25) is 10.0 Å². The number of benzene rings is 1. The van der Waals surface area contributed by atoms with Gasteiger partial charge >= 0.3 is 0 Å². The van der Waals surface area contributed by atoms with Crippen LogP contribution >= 0.6 is 0 Å². The molecule has 0 saturated carbocycles. The predicted octanol–water partition coefficient (Wildman–Crippen LogP) is 0.643. The van der Waals surface area contributed by atoms with Crippen molar-refractivity contribution in [2.75, 3.05) is 12.4 Å². The molecule has 0 aliphatic carbocycles. The molecular weight excluding hydrogens is 268 g/mol. The van der Waals surface area contributed by atoms with Crippen LogP contribution < -0.4 is 10.0 Å². The van der Waals surface area contributed by atoms with Crippen LogP contribution in [0.15, 0.2) is 34.9 Å². The normalized spacial score (nSPS) is 10.1. The van der Waals surface area contributed by atoms with Crippen molar-refractivity contribution in [1.82, 2.24) is 4.72 Å². The lowest BCUT2D eigenvalue weighted by atomic mass is 10.3. The molecule has 8 heteroatoms. The first-order valence-electron chi connectivity index (χ1n) is 4.98. The van der Waals surface area contributed by atoms with Crippen LogP contribution in [0.4, 0.5) is 5.69 Å². The highest BCUT2D eigenvalue weighted by molar-refractivity contribution is 7.89. The third-order valence-corrected chi connectivity index (χ3v) is 3.57. The van der Waals surface area contributed by atoms with Crippen LogP contribution in [-0.4, -0.2) is 20.6 Å². The van der Waals surface area contributed by atoms with E-state index >= 15 is 0 Å². The lowest BCUT2D eigenvalue weighted by Gasteiger charge is -2.07. The van der Waals surface area contributed by atoms with Crippen molar-refractivity contribution in [2.45, 2.75) is 4.90 Å². The summed E-state index contributed by atoms with van der Waals surface area (Å²) < 4.78 is 25.3. The number of nitriles is 2. The molecule has 1 rings (SSSR count). The fourth-order valence-electron chi connectivity index (χ4n) is 1.16. The van der Waals surface area contributed by atoms with Gasteiger partial charge in [0.05, 0.1) is 10.6 Å². The van der Waals surface area contributed by atoms with Crippen LogP contribution in [0.25, 0.3) is 0 Å². The third kappa shape index (κ3) is 3.45. The first-order chi connectivity index (χ1) is 8.94. The molecule has 0 radical (unpaired) electrons. The van der Waals surface area contributed by atoms with Gasteiger partial charge in [-0.2, -0.15) is 10.5 Å². The molecule has 98 valence electrons. The zero-order valence-electron chi connectivity index (χ0n) is 9.88. The lowest BCUT2D eigenvalue weighted by Crippen LogP contribution is -2.18. The summed E-state index contributed by atoms with van der Waals surface area (Å²) >= 11 is 0. The summed E-state index contributed by atoms with van der Waals surface area (Å²) in [4.78, 5) is -0.0563. The van der Waals surface area contributed by atoms with Crippen LogP contribution in [-0.2, 0) is 10.0 Å². The molecule has 19 heavy (non-hydrogen) atoms. The number of nitrogens with one attached hydrogen (secondary N) is 2. The molecule has 0 aliphatic heterocycles. The van der Waals surface area contributed by atoms with Crippen LogP contribution in [0.1, 0.15) is 0 Å². The predicted molar refractivity (Wildman–Crippen MR) is 67.3 cm³/mol. The first-order valence-corrected chi connectivity index (χ1v) is 6.46. The second kappa shape index (κ2) is 5.87. The summed E-state index contributed by atoms with van der Waals surface area (Å²) in [7, 11) is -2.38. The molecule has 0 fully saturated rings. The van der Waals surface area contributed by atoms with Gasteiger partial charge in [-0.15, -0.1) is 0 Å². The number of anilines is 1. The second-order valence-electron chi connectivity index (χ2n) is 3.31. The summed E-state index contributed by atoms with van der Waals surface area (Å²) in [6, 6.07) is 6.85. The molecule has 0 heterocycles. The minimum Gasteiger partial charge on any atom is -0.506 e. The fraction of sp³-hybridized carbons (Fsp3) is 0.0909. The van der Waals surface area contributed by atoms with E-state index in [2.05, 4.69) is 10.0 Å². The summed E-state index contributed by atoms with van der Waals surface area (Å²) in [6.07, 6.45) is 1.07. The summed E-state index contributed by atoms with van der Waals surface area (Å²) in [5, 5.41) is 29.2. The molecule has 0 saturated heterocycles. The van der Waals surface area contributed by atoms with Crippen molar-refractivity contribution in [3.8, 4) is 17.9 Å². The van der Waals surface area contributed by atoms with Crippen molar-refractivity contribution in [2.24, 2.45) is 0 Å². The molecule has 1 aromatic carbocycles. The number of hydrogen-bond donors (Lipinski definition) is 3. The van der Waals surface area contributed by atoms with Crippen LogP contribution in [0, 0.1) is 22.7 Å². The number of aromatic hydroxyl groups is 1. The number of phenolic OH excluding ortho intramolecular Hbond substituents is 1. The van der Waals surface area contributed by atoms with Gasteiger partial charge in [0, 0.05) is 6.20 Å². The highest BCUT2D eigenvalue weighted by Crippen LogP contribution is 2.26. The molecule has 0 unspecified atom stereocenters. The van der Waals surface area contributed by atoms with Gasteiger partial charge in [-0.1, -0.05) is 0 Å². The molecule has 3 N–H and O–H groups in total. The topological polar surface area (TPSA) is 126 Å². The molecule has 0 spiro atoms. The van der Waals surface area contributed by atoms with E-state index in [1.807, 2.05) is 0 Å². The van der Waals surface area contributed by atoms with Crippen LogP contribution in [0.2, 0.25) is 0 Å². The molecule has 1 aromatic rings. The SMILES string of the molecule is CNS(=O)(=O)c1ccc(O)c(NC=C(C#N)C#N)c1. The van der Waals surface area contributed by atoms with E-state index in [-0.39, 0.29) is 21.9 Å². The Kier molecular flexibility index (Phi) is 4.48. The Bertz CT molecular complexity index is 680. The Morgan fingerprint density at radius 2 is 2.00 bits per heavy atom. The zero-order chi connectivity index (χ0) is 14.5. The van der Waals surface area contributed by atoms with Crippen LogP contribution in [0.5, 0.6) is 5.75 Å². The van der Waals surface area contributed by atoms with Crippen molar-refractivity contribution < 1.29 is 13.5 Å². The van der Waals surface area contributed by atoms with E-state index < -0.39 is 10.0 Å². The summed E-state index contributed by atoms with van der Waals surface area (Å²) in [6.45, 7) is 0. The Labute approximate surface area is 110 Å². The Morgan fingerprint density at radius 3 is 2.53 bits per heavy atom. The average Bonchev–Trinajstić information content (AvgIpc) is 2.41. The maximum Gasteiger partial charge on any atom is 0.240 e. The van der Waals surface area contributed by atoms with Gasteiger partial charge in [-0.3, -0.25) is 0 Å². The fourth-order valence-corrected chi connectivity index (χ4v) is 1.91. The molecule has 0 aromatic heterocycles. The van der Waals surface area contributed by atoms with E-state index in [0.717, 1.165) is 6.20 Å². The van der Waals surface area contributed by atoms with Crippen molar-refractivity contribution in [1.29, 1.82) is 10.5 Å². The summed E-state index contributed by atoms with van der Waals surface area (Å²) in [5.74, 6) is -0.207. The second-order valence-corrected chi connectivity index (χ2v) is 5.20. The van der Waals surface area contributed by atoms with E-state index in [9.17, 15) is 13.5 Å². The van der Waals surface area contributed by atoms with E-state index in [1.165, 1.54) is 25.2 Å². The smallest absolute Gasteiger partial charge is 0.240 e. The maximum atomic E-state index is 11.6. The monoisotopic (exact) mass is 278 g/mol. The third-order valence-electron chi connectivity index (χ3n) is 2.16. The molecule has 0 amide bonds. The van der Waals surface area contributed by atoms with Gasteiger partial charge in [0.15, 0.2) is 0 Å². The minimum atomic E-state index is -3.64. The maximum absolute atomic E-state index is 11.6. The van der Waals surface area contributed by atoms with E-state index in [0.29, 0.717) is 0 Å². The Hall–Kier alpha value is -2.55. The van der Waals surface area contributed by atoms with Gasteiger partial charge < -0.3 is 10.4 Å². The highest BCUT2D eigenvalue weighted by atomic mass is 32.2. The minimum absolute atomic E-state index is 0.0563. The van der Waals surface area contributed by atoms with Crippen molar-refractivity contribution in [3.05, 3.63) is 30.0 Å². The van der Waals surface area contributed by atoms with E-state index in [4.69, 9.17) is 10.5 Å². The molecule has 0 atom stereocenters. The summed E-state index contributed by atoms with van der Waals surface area (Å²) in [5.41, 5.74) is -0.138. The molecule has 7 nitrogen and oxygen atoms in total.